The van der Waals surface area contributed by atoms with Crippen LogP contribution in [0.15, 0.2) is 53.6 Å². The van der Waals surface area contributed by atoms with Gasteiger partial charge in [0.25, 0.3) is 5.91 Å². The van der Waals surface area contributed by atoms with Gasteiger partial charge in [-0.15, -0.1) is 0 Å². The number of nitrogens with zero attached hydrogens (tertiary/aromatic N) is 1. The average Bonchev–Trinajstić information content (AvgIpc) is 2.56. The van der Waals surface area contributed by atoms with E-state index in [2.05, 4.69) is 24.4 Å². The van der Waals surface area contributed by atoms with Crippen molar-refractivity contribution in [2.24, 2.45) is 11.0 Å². The van der Waals surface area contributed by atoms with Crippen molar-refractivity contribution < 1.29 is 14.6 Å². The van der Waals surface area contributed by atoms with Crippen LogP contribution in [0.2, 0.25) is 0 Å². The highest BCUT2D eigenvalue weighted by molar-refractivity contribution is 5.95. The zero-order chi connectivity index (χ0) is 17.4. The lowest BCUT2D eigenvalue weighted by molar-refractivity contribution is 0.0954. The van der Waals surface area contributed by atoms with Crippen LogP contribution in [0.4, 0.5) is 0 Å². The van der Waals surface area contributed by atoms with Gasteiger partial charge < -0.3 is 9.84 Å². The zero-order valence-corrected chi connectivity index (χ0v) is 13.9. The smallest absolute Gasteiger partial charge is 0.271 e. The summed E-state index contributed by atoms with van der Waals surface area (Å²) in [5, 5.41) is 13.3. The monoisotopic (exact) mass is 326 g/mol. The van der Waals surface area contributed by atoms with Crippen molar-refractivity contribution >= 4 is 12.1 Å². The van der Waals surface area contributed by atoms with Crippen molar-refractivity contribution in [2.45, 2.75) is 20.3 Å². The second kappa shape index (κ2) is 8.72. The maximum absolute atomic E-state index is 11.9. The summed E-state index contributed by atoms with van der Waals surface area (Å²) in [6.07, 6.45) is 2.57. The molecule has 126 valence electrons. The van der Waals surface area contributed by atoms with Crippen LogP contribution in [0.3, 0.4) is 0 Å². The summed E-state index contributed by atoms with van der Waals surface area (Å²) in [5.74, 6) is 1.10. The fourth-order valence-corrected chi connectivity index (χ4v) is 1.94. The van der Waals surface area contributed by atoms with Gasteiger partial charge in [0.2, 0.25) is 0 Å². The number of benzene rings is 2. The minimum Gasteiger partial charge on any atom is -0.508 e. The van der Waals surface area contributed by atoms with E-state index >= 15 is 0 Å². The van der Waals surface area contributed by atoms with E-state index in [0.29, 0.717) is 18.1 Å². The SMILES string of the molecule is CC(C)CCOc1ccc(/C=N\NC(=O)c2cccc(O)c2)cc1. The number of nitrogens with one attached hydrogen (secondary N) is 1. The molecule has 0 aliphatic heterocycles. The van der Waals surface area contributed by atoms with E-state index in [-0.39, 0.29) is 11.7 Å². The van der Waals surface area contributed by atoms with Gasteiger partial charge in [0, 0.05) is 5.56 Å². The molecule has 0 saturated heterocycles. The molecule has 5 heteroatoms. The van der Waals surface area contributed by atoms with E-state index in [9.17, 15) is 9.90 Å². The minimum atomic E-state index is -0.379. The molecule has 2 N–H and O–H groups in total. The third kappa shape index (κ3) is 5.76. The fourth-order valence-electron chi connectivity index (χ4n) is 1.94. The van der Waals surface area contributed by atoms with Gasteiger partial charge in [0.15, 0.2) is 0 Å². The number of carbonyl (C=O) groups is 1. The molecule has 1 amide bonds. The number of hydrogen-bond acceptors (Lipinski definition) is 4. The number of phenols is 1. The van der Waals surface area contributed by atoms with Gasteiger partial charge in [-0.25, -0.2) is 5.43 Å². The number of phenolic OH excluding ortho intramolecular Hbond substituents is 1. The Hall–Kier alpha value is -2.82. The third-order valence-corrected chi connectivity index (χ3v) is 3.33. The second-order valence-corrected chi connectivity index (χ2v) is 5.85. The minimum absolute atomic E-state index is 0.0414. The fraction of sp³-hybridized carbons (Fsp3) is 0.263. The summed E-state index contributed by atoms with van der Waals surface area (Å²) in [6.45, 7) is 5.02. The van der Waals surface area contributed by atoms with Crippen LogP contribution in [-0.2, 0) is 0 Å². The molecule has 2 rings (SSSR count). The number of aromatic hydroxyl groups is 1. The van der Waals surface area contributed by atoms with Gasteiger partial charge in [-0.1, -0.05) is 19.9 Å². The van der Waals surface area contributed by atoms with Crippen LogP contribution in [0, 0.1) is 5.92 Å². The Morgan fingerprint density at radius 1 is 1.25 bits per heavy atom. The summed E-state index contributed by atoms with van der Waals surface area (Å²) in [5.41, 5.74) is 3.62. The quantitative estimate of drug-likeness (QED) is 0.603. The van der Waals surface area contributed by atoms with Gasteiger partial charge in [0.1, 0.15) is 11.5 Å². The Labute approximate surface area is 142 Å². The lowest BCUT2D eigenvalue weighted by Crippen LogP contribution is -2.17. The Balaban J connectivity index is 1.84. The van der Waals surface area contributed by atoms with E-state index in [1.54, 1.807) is 18.3 Å². The van der Waals surface area contributed by atoms with Crippen molar-refractivity contribution in [3.8, 4) is 11.5 Å². The third-order valence-electron chi connectivity index (χ3n) is 3.33. The van der Waals surface area contributed by atoms with Crippen LogP contribution in [-0.4, -0.2) is 23.8 Å². The largest absolute Gasteiger partial charge is 0.508 e. The van der Waals surface area contributed by atoms with E-state index < -0.39 is 0 Å². The number of hydrogen-bond donors (Lipinski definition) is 2. The van der Waals surface area contributed by atoms with E-state index in [1.807, 2.05) is 24.3 Å². The Kier molecular flexibility index (Phi) is 6.37. The second-order valence-electron chi connectivity index (χ2n) is 5.85. The van der Waals surface area contributed by atoms with Crippen LogP contribution < -0.4 is 10.2 Å². The number of ether oxygens (including phenoxy) is 1. The van der Waals surface area contributed by atoms with Crippen molar-refractivity contribution in [3.63, 3.8) is 0 Å². The van der Waals surface area contributed by atoms with Crippen LogP contribution >= 0.6 is 0 Å². The lowest BCUT2D eigenvalue weighted by atomic mass is 10.1. The van der Waals surface area contributed by atoms with Gasteiger partial charge in [-0.3, -0.25) is 4.79 Å². The molecule has 2 aromatic carbocycles. The molecule has 0 spiro atoms. The van der Waals surface area contributed by atoms with E-state index in [1.165, 1.54) is 12.1 Å². The number of rotatable bonds is 7. The van der Waals surface area contributed by atoms with Gasteiger partial charge in [-0.05, 0) is 60.4 Å². The average molecular weight is 326 g/mol. The number of carbonyl (C=O) groups excluding carboxylic acids is 1. The first-order valence-electron chi connectivity index (χ1n) is 7.90. The van der Waals surface area contributed by atoms with Crippen molar-refractivity contribution in [3.05, 3.63) is 59.7 Å². The maximum Gasteiger partial charge on any atom is 0.271 e. The van der Waals surface area contributed by atoms with Crippen LogP contribution in [0.5, 0.6) is 11.5 Å². The van der Waals surface area contributed by atoms with E-state index in [4.69, 9.17) is 4.74 Å². The van der Waals surface area contributed by atoms with Crippen molar-refractivity contribution in [1.82, 2.24) is 5.43 Å². The molecular weight excluding hydrogens is 304 g/mol. The highest BCUT2D eigenvalue weighted by Gasteiger charge is 2.04. The Morgan fingerprint density at radius 3 is 2.67 bits per heavy atom. The molecule has 0 aromatic heterocycles. The highest BCUT2D eigenvalue weighted by Crippen LogP contribution is 2.13. The first kappa shape index (κ1) is 17.5. The molecule has 0 saturated carbocycles. The predicted molar refractivity (Wildman–Crippen MR) is 94.6 cm³/mol. The summed E-state index contributed by atoms with van der Waals surface area (Å²) < 4.78 is 5.65. The lowest BCUT2D eigenvalue weighted by Gasteiger charge is -2.07. The molecule has 24 heavy (non-hydrogen) atoms. The summed E-state index contributed by atoms with van der Waals surface area (Å²) in [7, 11) is 0. The van der Waals surface area contributed by atoms with Gasteiger partial charge in [-0.2, -0.15) is 5.10 Å². The van der Waals surface area contributed by atoms with Gasteiger partial charge in [0.05, 0.1) is 12.8 Å². The summed E-state index contributed by atoms with van der Waals surface area (Å²) in [4.78, 5) is 11.9. The topological polar surface area (TPSA) is 70.9 Å². The molecule has 5 nitrogen and oxygen atoms in total. The Bertz CT molecular complexity index is 694. The molecule has 0 aliphatic rings. The maximum atomic E-state index is 11.9. The molecule has 0 radical (unpaired) electrons. The summed E-state index contributed by atoms with van der Waals surface area (Å²) in [6, 6.07) is 13.6. The number of amides is 1. The van der Waals surface area contributed by atoms with Crippen molar-refractivity contribution in [2.75, 3.05) is 6.61 Å². The first-order valence-corrected chi connectivity index (χ1v) is 7.90. The molecule has 0 bridgehead atoms. The van der Waals surface area contributed by atoms with E-state index in [0.717, 1.165) is 17.7 Å². The molecule has 0 unspecified atom stereocenters. The molecule has 0 heterocycles. The molecule has 0 aliphatic carbocycles. The first-order chi connectivity index (χ1) is 11.5. The standard InChI is InChI=1S/C19H22N2O3/c1-14(2)10-11-24-18-8-6-15(7-9-18)13-20-21-19(23)16-4-3-5-17(22)12-16/h3-9,12-14,22H,10-11H2,1-2H3,(H,21,23)/b20-13-. The zero-order valence-electron chi connectivity index (χ0n) is 13.9. The molecule has 0 atom stereocenters. The van der Waals surface area contributed by atoms with Crippen LogP contribution in [0.1, 0.15) is 36.2 Å². The highest BCUT2D eigenvalue weighted by atomic mass is 16.5. The summed E-state index contributed by atoms with van der Waals surface area (Å²) >= 11 is 0. The Morgan fingerprint density at radius 2 is 2.00 bits per heavy atom. The number of hydrazone groups is 1. The van der Waals surface area contributed by atoms with Gasteiger partial charge >= 0.3 is 0 Å². The molecule has 2 aromatic rings. The molecular formula is C19H22N2O3. The van der Waals surface area contributed by atoms with Crippen LogP contribution in [0.25, 0.3) is 0 Å². The van der Waals surface area contributed by atoms with Crippen molar-refractivity contribution in [1.29, 1.82) is 0 Å². The molecule has 0 fully saturated rings. The normalized spacial score (nSPS) is 11.0. The predicted octanol–water partition coefficient (Wildman–Crippen LogP) is 3.58.